The van der Waals surface area contributed by atoms with Gasteiger partial charge in [0.05, 0.1) is 26.0 Å². The van der Waals surface area contributed by atoms with Crippen LogP contribution in [0.1, 0.15) is 0 Å². The summed E-state index contributed by atoms with van der Waals surface area (Å²) in [6.07, 6.45) is 0. The van der Waals surface area contributed by atoms with Gasteiger partial charge in [-0.2, -0.15) is 0 Å². The molecule has 9 heavy (non-hydrogen) atoms. The number of hydrogen-bond acceptors (Lipinski definition) is 4. The molecule has 0 aliphatic rings. The van der Waals surface area contributed by atoms with Crippen molar-refractivity contribution in [2.24, 2.45) is 0 Å². The van der Waals surface area contributed by atoms with Gasteiger partial charge in [0.1, 0.15) is 0 Å². The van der Waals surface area contributed by atoms with E-state index in [2.05, 4.69) is 5.32 Å². The number of methoxy groups -OCH3 is 1. The smallest absolute Gasteiger partial charge is 0.0935 e. The molecular formula is C5H13NO3. The summed E-state index contributed by atoms with van der Waals surface area (Å²) in [5.41, 5.74) is 0. The van der Waals surface area contributed by atoms with Crippen molar-refractivity contribution in [3.8, 4) is 0 Å². The average Bonchev–Trinajstić information content (AvgIpc) is 1.88. The molecule has 0 rings (SSSR count). The first kappa shape index (κ1) is 8.84. The maximum Gasteiger partial charge on any atom is 0.0935 e. The summed E-state index contributed by atoms with van der Waals surface area (Å²) >= 11 is 0. The molecule has 0 saturated heterocycles. The van der Waals surface area contributed by atoms with Crippen molar-refractivity contribution in [2.75, 3.05) is 27.1 Å². The first-order chi connectivity index (χ1) is 4.35. The van der Waals surface area contributed by atoms with Crippen LogP contribution in [0.2, 0.25) is 0 Å². The molecule has 0 radical (unpaired) electrons. The normalized spacial score (nSPS) is 13.7. The number of ether oxygens (including phenoxy) is 1. The van der Waals surface area contributed by atoms with Gasteiger partial charge in [-0.25, -0.2) is 0 Å². The minimum absolute atomic E-state index is 0.0194. The largest absolute Gasteiger partial charge is 0.395 e. The second-order valence-corrected chi connectivity index (χ2v) is 1.70. The van der Waals surface area contributed by atoms with Crippen molar-refractivity contribution in [1.29, 1.82) is 0 Å². The molecule has 0 amide bonds. The molecule has 1 atom stereocenters. The van der Waals surface area contributed by atoms with E-state index >= 15 is 0 Å². The molecule has 1 unspecified atom stereocenters. The van der Waals surface area contributed by atoms with Crippen molar-refractivity contribution >= 4 is 0 Å². The second kappa shape index (κ2) is 5.97. The lowest BCUT2D eigenvalue weighted by atomic mass is 10.3. The van der Waals surface area contributed by atoms with E-state index in [1.807, 2.05) is 0 Å². The quantitative estimate of drug-likeness (QED) is 0.403. The third kappa shape index (κ3) is 4.35. The predicted molar refractivity (Wildman–Crippen MR) is 33.0 cm³/mol. The van der Waals surface area contributed by atoms with E-state index in [1.54, 1.807) is 7.11 Å². The van der Waals surface area contributed by atoms with E-state index in [0.717, 1.165) is 0 Å². The van der Waals surface area contributed by atoms with Crippen molar-refractivity contribution in [2.45, 2.75) is 6.04 Å². The van der Waals surface area contributed by atoms with Crippen LogP contribution in [0.4, 0.5) is 0 Å². The maximum absolute atomic E-state index is 8.53. The second-order valence-electron chi connectivity index (χ2n) is 1.70. The molecular weight excluding hydrogens is 122 g/mol. The Morgan fingerprint density at radius 2 is 2.22 bits per heavy atom. The highest BCUT2D eigenvalue weighted by Gasteiger charge is 2.02. The fourth-order valence-corrected chi connectivity index (χ4v) is 0.506. The fraction of sp³-hybridized carbons (Fsp3) is 1.00. The van der Waals surface area contributed by atoms with Gasteiger partial charge in [-0.05, 0) is 0 Å². The monoisotopic (exact) mass is 135 g/mol. The van der Waals surface area contributed by atoms with Gasteiger partial charge in [-0.1, -0.05) is 0 Å². The Bertz CT molecular complexity index is 54.2. The third-order valence-electron chi connectivity index (χ3n) is 0.968. The average molecular weight is 135 g/mol. The van der Waals surface area contributed by atoms with Crippen LogP contribution in [0.5, 0.6) is 0 Å². The van der Waals surface area contributed by atoms with Crippen LogP contribution >= 0.6 is 0 Å². The number of aliphatic hydroxyl groups is 2. The van der Waals surface area contributed by atoms with Crippen LogP contribution in [0.25, 0.3) is 0 Å². The fourth-order valence-electron chi connectivity index (χ4n) is 0.506. The summed E-state index contributed by atoms with van der Waals surface area (Å²) in [5, 5.41) is 19.5. The van der Waals surface area contributed by atoms with E-state index in [1.165, 1.54) is 0 Å². The number of aliphatic hydroxyl groups excluding tert-OH is 2. The van der Waals surface area contributed by atoms with Gasteiger partial charge >= 0.3 is 0 Å². The topological polar surface area (TPSA) is 61.7 Å². The lowest BCUT2D eigenvalue weighted by Crippen LogP contribution is -2.36. The van der Waals surface area contributed by atoms with Gasteiger partial charge in [0.15, 0.2) is 0 Å². The van der Waals surface area contributed by atoms with Crippen molar-refractivity contribution in [3.05, 3.63) is 0 Å². The van der Waals surface area contributed by atoms with Gasteiger partial charge in [0.25, 0.3) is 0 Å². The Morgan fingerprint density at radius 3 is 2.56 bits per heavy atom. The van der Waals surface area contributed by atoms with Gasteiger partial charge in [0.2, 0.25) is 0 Å². The molecule has 0 aromatic rings. The Labute approximate surface area is 54.5 Å². The summed E-state index contributed by atoms with van der Waals surface area (Å²) < 4.78 is 4.71. The van der Waals surface area contributed by atoms with Gasteiger partial charge in [0, 0.05) is 7.11 Å². The van der Waals surface area contributed by atoms with Gasteiger partial charge in [-0.15, -0.1) is 0 Å². The Hall–Kier alpha value is -0.160. The molecule has 4 nitrogen and oxygen atoms in total. The van der Waals surface area contributed by atoms with Gasteiger partial charge in [-0.3, -0.25) is 5.32 Å². The molecule has 0 heterocycles. The van der Waals surface area contributed by atoms with E-state index in [9.17, 15) is 0 Å². The maximum atomic E-state index is 8.53. The zero-order chi connectivity index (χ0) is 7.11. The first-order valence-electron chi connectivity index (χ1n) is 2.79. The summed E-state index contributed by atoms with van der Waals surface area (Å²) in [7, 11) is 1.54. The summed E-state index contributed by atoms with van der Waals surface area (Å²) in [5.74, 6) is 0. The predicted octanol–water partition coefficient (Wildman–Crippen LogP) is -1.47. The molecule has 0 saturated carbocycles. The Kier molecular flexibility index (Phi) is 5.86. The molecule has 0 aliphatic carbocycles. The SMILES string of the molecule is COCC(CO)NCO. The standard InChI is InChI=1S/C5H13NO3/c1-9-3-5(2-7)6-4-8/h5-8H,2-4H2,1H3. The number of rotatable bonds is 5. The number of hydrogen-bond donors (Lipinski definition) is 3. The molecule has 0 fully saturated rings. The summed E-state index contributed by atoms with van der Waals surface area (Å²) in [6, 6.07) is -0.153. The van der Waals surface area contributed by atoms with Crippen molar-refractivity contribution in [1.82, 2.24) is 5.32 Å². The highest BCUT2D eigenvalue weighted by atomic mass is 16.5. The molecule has 3 N–H and O–H groups in total. The highest BCUT2D eigenvalue weighted by Crippen LogP contribution is 1.80. The lowest BCUT2D eigenvalue weighted by Gasteiger charge is -2.11. The lowest BCUT2D eigenvalue weighted by molar-refractivity contribution is 0.109. The minimum atomic E-state index is -0.153. The van der Waals surface area contributed by atoms with Crippen molar-refractivity contribution in [3.63, 3.8) is 0 Å². The van der Waals surface area contributed by atoms with Crippen LogP contribution in [0.3, 0.4) is 0 Å². The summed E-state index contributed by atoms with van der Waals surface area (Å²) in [6.45, 7) is 0.264. The first-order valence-corrected chi connectivity index (χ1v) is 2.79. The van der Waals surface area contributed by atoms with Crippen LogP contribution < -0.4 is 5.32 Å². The van der Waals surface area contributed by atoms with Crippen LogP contribution in [0, 0.1) is 0 Å². The summed E-state index contributed by atoms with van der Waals surface area (Å²) in [4.78, 5) is 0. The molecule has 0 aromatic carbocycles. The molecule has 0 bridgehead atoms. The van der Waals surface area contributed by atoms with Crippen LogP contribution in [-0.2, 0) is 4.74 Å². The van der Waals surface area contributed by atoms with E-state index < -0.39 is 0 Å². The van der Waals surface area contributed by atoms with Crippen LogP contribution in [-0.4, -0.2) is 43.3 Å². The molecule has 56 valence electrons. The van der Waals surface area contributed by atoms with E-state index in [-0.39, 0.29) is 19.4 Å². The molecule has 0 aliphatic heterocycles. The number of nitrogens with one attached hydrogen (secondary N) is 1. The van der Waals surface area contributed by atoms with E-state index in [0.29, 0.717) is 6.61 Å². The van der Waals surface area contributed by atoms with Crippen LogP contribution in [0.15, 0.2) is 0 Å². The molecule has 4 heteroatoms. The highest BCUT2D eigenvalue weighted by molar-refractivity contribution is 4.60. The van der Waals surface area contributed by atoms with E-state index in [4.69, 9.17) is 14.9 Å². The zero-order valence-electron chi connectivity index (χ0n) is 5.50. The Balaban J connectivity index is 3.18. The third-order valence-corrected chi connectivity index (χ3v) is 0.968. The van der Waals surface area contributed by atoms with Gasteiger partial charge < -0.3 is 14.9 Å². The Morgan fingerprint density at radius 1 is 1.56 bits per heavy atom. The van der Waals surface area contributed by atoms with Crippen molar-refractivity contribution < 1.29 is 14.9 Å². The zero-order valence-corrected chi connectivity index (χ0v) is 5.50. The molecule has 0 aromatic heterocycles. The minimum Gasteiger partial charge on any atom is -0.395 e. The molecule has 0 spiro atoms.